The Hall–Kier alpha value is -1.34. The van der Waals surface area contributed by atoms with Crippen LogP contribution < -0.4 is 10.6 Å². The van der Waals surface area contributed by atoms with Crippen molar-refractivity contribution >= 4 is 11.9 Å². The Labute approximate surface area is 164 Å². The largest absolute Gasteiger partial charge is 0.376 e. The minimum atomic E-state index is 0.0773. The van der Waals surface area contributed by atoms with Crippen molar-refractivity contribution in [1.29, 1.82) is 0 Å². The van der Waals surface area contributed by atoms with Gasteiger partial charge in [-0.15, -0.1) is 0 Å². The van der Waals surface area contributed by atoms with E-state index in [0.717, 1.165) is 71.0 Å². The third kappa shape index (κ3) is 8.47. The molecule has 156 valence electrons. The molecule has 0 aromatic carbocycles. The maximum Gasteiger partial charge on any atom is 0.221 e. The average Bonchev–Trinajstić information content (AvgIpc) is 2.71. The van der Waals surface area contributed by atoms with Crippen LogP contribution in [0.3, 0.4) is 0 Å². The molecule has 0 aromatic rings. The fraction of sp³-hybridized carbons (Fsp3) is 0.900. The monoisotopic (exact) mass is 382 g/mol. The SMILES string of the molecule is CCCNC(=O)CCN=C(NCC)N1CCC(OCC2CCCCO2)CC1. The highest BCUT2D eigenvalue weighted by atomic mass is 16.5. The highest BCUT2D eigenvalue weighted by molar-refractivity contribution is 5.81. The van der Waals surface area contributed by atoms with Crippen LogP contribution in [0.2, 0.25) is 0 Å². The van der Waals surface area contributed by atoms with Gasteiger partial charge < -0.3 is 25.0 Å². The molecule has 1 amide bonds. The molecule has 0 bridgehead atoms. The van der Waals surface area contributed by atoms with Gasteiger partial charge in [-0.05, 0) is 45.4 Å². The zero-order valence-electron chi connectivity index (χ0n) is 17.2. The molecular formula is C20H38N4O3. The van der Waals surface area contributed by atoms with Crippen LogP contribution in [0.5, 0.6) is 0 Å². The van der Waals surface area contributed by atoms with Gasteiger partial charge in [0, 0.05) is 39.2 Å². The summed E-state index contributed by atoms with van der Waals surface area (Å²) < 4.78 is 11.8. The van der Waals surface area contributed by atoms with E-state index >= 15 is 0 Å². The summed E-state index contributed by atoms with van der Waals surface area (Å²) in [5.41, 5.74) is 0. The quantitative estimate of drug-likeness (QED) is 0.471. The number of carbonyl (C=O) groups is 1. The normalized spacial score (nSPS) is 21.9. The summed E-state index contributed by atoms with van der Waals surface area (Å²) in [7, 11) is 0. The molecule has 2 fully saturated rings. The molecule has 7 heteroatoms. The lowest BCUT2D eigenvalue weighted by Gasteiger charge is -2.35. The van der Waals surface area contributed by atoms with E-state index < -0.39 is 0 Å². The predicted octanol–water partition coefficient (Wildman–Crippen LogP) is 1.92. The number of hydrogen-bond acceptors (Lipinski definition) is 4. The third-order valence-electron chi connectivity index (χ3n) is 5.04. The van der Waals surface area contributed by atoms with Gasteiger partial charge in [0.1, 0.15) is 0 Å². The van der Waals surface area contributed by atoms with Gasteiger partial charge in [0.2, 0.25) is 5.91 Å². The molecule has 2 aliphatic rings. The van der Waals surface area contributed by atoms with Crippen LogP contribution in [0.4, 0.5) is 0 Å². The minimum absolute atomic E-state index is 0.0773. The fourth-order valence-electron chi connectivity index (χ4n) is 3.46. The smallest absolute Gasteiger partial charge is 0.221 e. The summed E-state index contributed by atoms with van der Waals surface area (Å²) in [4.78, 5) is 18.6. The van der Waals surface area contributed by atoms with Crippen molar-refractivity contribution in [3.8, 4) is 0 Å². The van der Waals surface area contributed by atoms with Crippen LogP contribution >= 0.6 is 0 Å². The fourth-order valence-corrected chi connectivity index (χ4v) is 3.46. The number of ether oxygens (including phenoxy) is 2. The van der Waals surface area contributed by atoms with Gasteiger partial charge >= 0.3 is 0 Å². The number of rotatable bonds is 9. The topological polar surface area (TPSA) is 75.2 Å². The second-order valence-electron chi connectivity index (χ2n) is 7.34. The lowest BCUT2D eigenvalue weighted by molar-refractivity contribution is -0.120. The van der Waals surface area contributed by atoms with Crippen LogP contribution in [0.1, 0.15) is 58.8 Å². The number of aliphatic imine (C=N–C) groups is 1. The molecule has 0 spiro atoms. The van der Waals surface area contributed by atoms with Crippen LogP contribution in [0.15, 0.2) is 4.99 Å². The molecule has 2 N–H and O–H groups in total. The second-order valence-corrected chi connectivity index (χ2v) is 7.34. The van der Waals surface area contributed by atoms with Gasteiger partial charge in [0.05, 0.1) is 25.4 Å². The molecule has 27 heavy (non-hydrogen) atoms. The van der Waals surface area contributed by atoms with Gasteiger partial charge in [-0.1, -0.05) is 6.92 Å². The first kappa shape index (κ1) is 22.0. The Morgan fingerprint density at radius 2 is 2.00 bits per heavy atom. The van der Waals surface area contributed by atoms with Crippen molar-refractivity contribution in [2.75, 3.05) is 45.9 Å². The zero-order valence-corrected chi connectivity index (χ0v) is 17.2. The molecule has 2 rings (SSSR count). The second kappa shape index (κ2) is 12.9. The highest BCUT2D eigenvalue weighted by Gasteiger charge is 2.23. The summed E-state index contributed by atoms with van der Waals surface area (Å²) in [5, 5.41) is 6.25. The average molecular weight is 383 g/mol. The van der Waals surface area contributed by atoms with Crippen LogP contribution in [0, 0.1) is 0 Å². The van der Waals surface area contributed by atoms with Gasteiger partial charge in [-0.2, -0.15) is 0 Å². The molecule has 0 aliphatic carbocycles. The molecule has 1 unspecified atom stereocenters. The minimum Gasteiger partial charge on any atom is -0.376 e. The van der Waals surface area contributed by atoms with Crippen LogP contribution in [-0.2, 0) is 14.3 Å². The molecule has 1 atom stereocenters. The summed E-state index contributed by atoms with van der Waals surface area (Å²) in [5.74, 6) is 0.989. The molecule has 7 nitrogen and oxygen atoms in total. The number of hydrogen-bond donors (Lipinski definition) is 2. The number of nitrogens with zero attached hydrogens (tertiary/aromatic N) is 2. The molecule has 0 radical (unpaired) electrons. The third-order valence-corrected chi connectivity index (χ3v) is 5.04. The van der Waals surface area contributed by atoms with Gasteiger partial charge in [0.15, 0.2) is 5.96 Å². The number of amides is 1. The Kier molecular flexibility index (Phi) is 10.5. The molecule has 0 aromatic heterocycles. The van der Waals surface area contributed by atoms with E-state index in [0.29, 0.717) is 19.1 Å². The van der Waals surface area contributed by atoms with Crippen LogP contribution in [0.25, 0.3) is 0 Å². The first-order valence-corrected chi connectivity index (χ1v) is 10.8. The first-order chi connectivity index (χ1) is 13.2. The van der Waals surface area contributed by atoms with Gasteiger partial charge in [0.25, 0.3) is 0 Å². The highest BCUT2D eigenvalue weighted by Crippen LogP contribution is 2.18. The Morgan fingerprint density at radius 1 is 1.19 bits per heavy atom. The van der Waals surface area contributed by atoms with E-state index in [9.17, 15) is 4.79 Å². The number of nitrogens with one attached hydrogen (secondary N) is 2. The van der Waals surface area contributed by atoms with Gasteiger partial charge in [-0.25, -0.2) is 0 Å². The Bertz CT molecular complexity index is 445. The van der Waals surface area contributed by atoms with E-state index in [1.165, 1.54) is 12.8 Å². The van der Waals surface area contributed by atoms with Crippen molar-refractivity contribution < 1.29 is 14.3 Å². The summed E-state index contributed by atoms with van der Waals surface area (Å²) in [6.45, 7) is 9.69. The maximum absolute atomic E-state index is 11.7. The van der Waals surface area contributed by atoms with Crippen molar-refractivity contribution in [1.82, 2.24) is 15.5 Å². The molecular weight excluding hydrogens is 344 g/mol. The summed E-state index contributed by atoms with van der Waals surface area (Å²) in [6, 6.07) is 0. The summed E-state index contributed by atoms with van der Waals surface area (Å²) in [6.07, 6.45) is 7.58. The van der Waals surface area contributed by atoms with E-state index in [-0.39, 0.29) is 12.0 Å². The van der Waals surface area contributed by atoms with E-state index in [2.05, 4.69) is 34.4 Å². The van der Waals surface area contributed by atoms with Crippen molar-refractivity contribution in [3.63, 3.8) is 0 Å². The standard InChI is InChI=1S/C20H38N4O3/c1-3-11-22-19(25)8-12-23-20(21-4-2)24-13-9-17(10-14-24)27-16-18-7-5-6-15-26-18/h17-18H,3-16H2,1-2H3,(H,21,23)(H,22,25). The van der Waals surface area contributed by atoms with E-state index in [4.69, 9.17) is 9.47 Å². The van der Waals surface area contributed by atoms with E-state index in [1.54, 1.807) is 0 Å². The predicted molar refractivity (Wildman–Crippen MR) is 108 cm³/mol. The summed E-state index contributed by atoms with van der Waals surface area (Å²) >= 11 is 0. The Balaban J connectivity index is 1.69. The number of likely N-dealkylation sites (tertiary alicyclic amines) is 1. The van der Waals surface area contributed by atoms with Crippen LogP contribution in [-0.4, -0.2) is 74.9 Å². The zero-order chi connectivity index (χ0) is 19.3. The van der Waals surface area contributed by atoms with E-state index in [1.807, 2.05) is 0 Å². The molecule has 0 saturated carbocycles. The van der Waals surface area contributed by atoms with Crippen molar-refractivity contribution in [2.45, 2.75) is 71.0 Å². The van der Waals surface area contributed by atoms with Crippen molar-refractivity contribution in [3.05, 3.63) is 0 Å². The lowest BCUT2D eigenvalue weighted by Crippen LogP contribution is -2.47. The van der Waals surface area contributed by atoms with Gasteiger partial charge in [-0.3, -0.25) is 9.79 Å². The first-order valence-electron chi connectivity index (χ1n) is 10.8. The number of carbonyl (C=O) groups excluding carboxylic acids is 1. The maximum atomic E-state index is 11.7. The number of guanidine groups is 1. The molecule has 2 aliphatic heterocycles. The lowest BCUT2D eigenvalue weighted by atomic mass is 10.1. The Morgan fingerprint density at radius 3 is 2.67 bits per heavy atom. The van der Waals surface area contributed by atoms with Crippen molar-refractivity contribution in [2.24, 2.45) is 4.99 Å². The number of piperidine rings is 1. The molecule has 2 heterocycles. The molecule has 2 saturated heterocycles.